The molecule has 0 aromatic carbocycles. The van der Waals surface area contributed by atoms with Gasteiger partial charge < -0.3 is 5.73 Å². The van der Waals surface area contributed by atoms with E-state index >= 15 is 0 Å². The van der Waals surface area contributed by atoms with Crippen LogP contribution in [0.2, 0.25) is 0 Å². The van der Waals surface area contributed by atoms with E-state index in [9.17, 15) is 4.39 Å². The molecule has 0 aliphatic heterocycles. The minimum absolute atomic E-state index is 0.307. The number of hydrogen-bond acceptors (Lipinski definition) is 1. The Labute approximate surface area is 49.4 Å². The van der Waals surface area contributed by atoms with Crippen molar-refractivity contribution < 1.29 is 4.39 Å². The Morgan fingerprint density at radius 3 is 2.50 bits per heavy atom. The van der Waals surface area contributed by atoms with E-state index in [1.54, 1.807) is 0 Å². The van der Waals surface area contributed by atoms with Crippen molar-refractivity contribution in [3.8, 4) is 0 Å². The largest absolute Gasteiger partial charge is 0.330 e. The normalized spacial score (nSPS) is 9.25. The Morgan fingerprint density at radius 2 is 2.12 bits per heavy atom. The molecule has 0 aromatic rings. The predicted octanol–water partition coefficient (Wildman–Crippen LogP) is 1.25. The molecule has 0 rings (SSSR count). The van der Waals surface area contributed by atoms with Crippen LogP contribution in [-0.4, -0.2) is 13.2 Å². The fourth-order valence-electron chi connectivity index (χ4n) is 0.463. The molecule has 2 heteroatoms. The average molecular weight is 117 g/mol. The summed E-state index contributed by atoms with van der Waals surface area (Å²) in [5, 5.41) is 0. The molecule has 0 spiro atoms. The Kier molecular flexibility index (Phi) is 4.56. The highest BCUT2D eigenvalue weighted by atomic mass is 19.1. The van der Waals surface area contributed by atoms with Crippen LogP contribution < -0.4 is 5.73 Å². The zero-order chi connectivity index (χ0) is 6.41. The highest BCUT2D eigenvalue weighted by Crippen LogP contribution is 2.00. The fourth-order valence-corrected chi connectivity index (χ4v) is 0.463. The van der Waals surface area contributed by atoms with Gasteiger partial charge in [-0.15, -0.1) is 0 Å². The number of nitrogens with two attached hydrogens (primary N) is 1. The fraction of sp³-hybridized carbons (Fsp3) is 0.667. The van der Waals surface area contributed by atoms with Crippen molar-refractivity contribution in [2.75, 3.05) is 13.2 Å². The van der Waals surface area contributed by atoms with E-state index in [0.717, 1.165) is 12.0 Å². The van der Waals surface area contributed by atoms with Crippen molar-refractivity contribution in [3.05, 3.63) is 12.2 Å². The minimum atomic E-state index is -0.307. The topological polar surface area (TPSA) is 26.0 Å². The summed E-state index contributed by atoms with van der Waals surface area (Å²) in [5.74, 6) is 0. The van der Waals surface area contributed by atoms with Crippen LogP contribution in [0.25, 0.3) is 0 Å². The van der Waals surface area contributed by atoms with Crippen molar-refractivity contribution in [2.24, 2.45) is 5.73 Å². The first kappa shape index (κ1) is 7.63. The zero-order valence-corrected chi connectivity index (χ0v) is 4.99. The number of hydrogen-bond donors (Lipinski definition) is 1. The summed E-state index contributed by atoms with van der Waals surface area (Å²) in [6, 6.07) is 0. The summed E-state index contributed by atoms with van der Waals surface area (Å²) in [6.07, 6.45) is 1.22. The SMILES string of the molecule is C=C(CCN)CCF. The van der Waals surface area contributed by atoms with Crippen LogP contribution in [0.1, 0.15) is 12.8 Å². The van der Waals surface area contributed by atoms with Crippen LogP contribution in [0.5, 0.6) is 0 Å². The van der Waals surface area contributed by atoms with Gasteiger partial charge in [-0.2, -0.15) is 0 Å². The van der Waals surface area contributed by atoms with Gasteiger partial charge in [0.2, 0.25) is 0 Å². The van der Waals surface area contributed by atoms with Crippen LogP contribution in [-0.2, 0) is 0 Å². The summed E-state index contributed by atoms with van der Waals surface area (Å²) >= 11 is 0. The van der Waals surface area contributed by atoms with Crippen LogP contribution in [0.3, 0.4) is 0 Å². The maximum Gasteiger partial charge on any atom is 0.0931 e. The molecule has 0 amide bonds. The molecular formula is C6H12FN. The number of alkyl halides is 1. The molecule has 0 radical (unpaired) electrons. The Morgan fingerprint density at radius 1 is 1.50 bits per heavy atom. The van der Waals surface area contributed by atoms with Crippen molar-refractivity contribution in [3.63, 3.8) is 0 Å². The van der Waals surface area contributed by atoms with E-state index in [4.69, 9.17) is 5.73 Å². The molecule has 2 N–H and O–H groups in total. The van der Waals surface area contributed by atoms with Gasteiger partial charge in [0.1, 0.15) is 0 Å². The molecule has 0 saturated heterocycles. The third-order valence-corrected chi connectivity index (χ3v) is 0.946. The van der Waals surface area contributed by atoms with Crippen LogP contribution in [0.15, 0.2) is 12.2 Å². The summed E-state index contributed by atoms with van der Waals surface area (Å²) in [5.41, 5.74) is 6.09. The van der Waals surface area contributed by atoms with E-state index in [1.165, 1.54) is 0 Å². The zero-order valence-electron chi connectivity index (χ0n) is 4.99. The molecular weight excluding hydrogens is 105 g/mol. The lowest BCUT2D eigenvalue weighted by molar-refractivity contribution is 0.490. The van der Waals surface area contributed by atoms with Crippen LogP contribution >= 0.6 is 0 Å². The van der Waals surface area contributed by atoms with Gasteiger partial charge in [-0.05, 0) is 19.4 Å². The lowest BCUT2D eigenvalue weighted by Crippen LogP contribution is -1.99. The van der Waals surface area contributed by atoms with Crippen molar-refractivity contribution in [1.82, 2.24) is 0 Å². The van der Waals surface area contributed by atoms with Gasteiger partial charge in [0.05, 0.1) is 6.67 Å². The molecule has 0 aliphatic rings. The van der Waals surface area contributed by atoms with Gasteiger partial charge in [0, 0.05) is 0 Å². The van der Waals surface area contributed by atoms with Crippen molar-refractivity contribution in [1.29, 1.82) is 0 Å². The van der Waals surface area contributed by atoms with Gasteiger partial charge in [-0.3, -0.25) is 4.39 Å². The third-order valence-electron chi connectivity index (χ3n) is 0.946. The van der Waals surface area contributed by atoms with Gasteiger partial charge in [-0.25, -0.2) is 0 Å². The third kappa shape index (κ3) is 3.81. The molecule has 0 saturated carbocycles. The van der Waals surface area contributed by atoms with Gasteiger partial charge >= 0.3 is 0 Å². The van der Waals surface area contributed by atoms with Crippen molar-refractivity contribution >= 4 is 0 Å². The highest BCUT2D eigenvalue weighted by Gasteiger charge is 1.89. The maximum absolute atomic E-state index is 11.5. The van der Waals surface area contributed by atoms with Crippen LogP contribution in [0.4, 0.5) is 4.39 Å². The molecule has 0 atom stereocenters. The first-order valence-electron chi connectivity index (χ1n) is 2.74. The van der Waals surface area contributed by atoms with Crippen molar-refractivity contribution in [2.45, 2.75) is 12.8 Å². The van der Waals surface area contributed by atoms with E-state index in [0.29, 0.717) is 13.0 Å². The first-order chi connectivity index (χ1) is 3.81. The Bertz CT molecular complexity index is 62.9. The minimum Gasteiger partial charge on any atom is -0.330 e. The maximum atomic E-state index is 11.5. The lowest BCUT2D eigenvalue weighted by atomic mass is 10.2. The van der Waals surface area contributed by atoms with Crippen LogP contribution in [0, 0.1) is 0 Å². The molecule has 0 fully saturated rings. The molecule has 0 aromatic heterocycles. The molecule has 0 heterocycles. The summed E-state index contributed by atoms with van der Waals surface area (Å²) in [4.78, 5) is 0. The molecule has 48 valence electrons. The molecule has 8 heavy (non-hydrogen) atoms. The van der Waals surface area contributed by atoms with Gasteiger partial charge in [0.25, 0.3) is 0 Å². The summed E-state index contributed by atoms with van der Waals surface area (Å²) < 4.78 is 11.5. The van der Waals surface area contributed by atoms with E-state index in [-0.39, 0.29) is 6.67 Å². The molecule has 1 nitrogen and oxygen atoms in total. The Balaban J connectivity index is 3.06. The second kappa shape index (κ2) is 4.78. The second-order valence-corrected chi connectivity index (χ2v) is 1.73. The van der Waals surface area contributed by atoms with Gasteiger partial charge in [0.15, 0.2) is 0 Å². The molecule has 0 unspecified atom stereocenters. The quantitative estimate of drug-likeness (QED) is 0.551. The second-order valence-electron chi connectivity index (χ2n) is 1.73. The Hall–Kier alpha value is -0.370. The summed E-state index contributed by atoms with van der Waals surface area (Å²) in [6.45, 7) is 3.89. The monoisotopic (exact) mass is 117 g/mol. The average Bonchev–Trinajstić information content (AvgIpc) is 1.68. The van der Waals surface area contributed by atoms with E-state index < -0.39 is 0 Å². The van der Waals surface area contributed by atoms with Gasteiger partial charge in [-0.1, -0.05) is 12.2 Å². The summed E-state index contributed by atoms with van der Waals surface area (Å²) in [7, 11) is 0. The predicted molar refractivity (Wildman–Crippen MR) is 33.4 cm³/mol. The lowest BCUT2D eigenvalue weighted by Gasteiger charge is -1.96. The highest BCUT2D eigenvalue weighted by molar-refractivity contribution is 4.93. The standard InChI is InChI=1S/C6H12FN/c1-6(2-4-7)3-5-8/h1-5,8H2. The van der Waals surface area contributed by atoms with E-state index in [1.807, 2.05) is 0 Å². The smallest absolute Gasteiger partial charge is 0.0931 e. The molecule has 0 aliphatic carbocycles. The number of rotatable bonds is 4. The first-order valence-corrected chi connectivity index (χ1v) is 2.74. The van der Waals surface area contributed by atoms with E-state index in [2.05, 4.69) is 6.58 Å². The molecule has 0 bridgehead atoms. The number of halogens is 1.